The minimum Gasteiger partial charge on any atom is -0.465 e. The predicted molar refractivity (Wildman–Crippen MR) is 144 cm³/mol. The first-order chi connectivity index (χ1) is 18.2. The number of urea groups is 1. The van der Waals surface area contributed by atoms with Crippen LogP contribution in [-0.2, 0) is 22.2 Å². The molecule has 0 aliphatic carbocycles. The molecule has 3 amide bonds. The number of halogens is 1. The molecule has 0 spiro atoms. The van der Waals surface area contributed by atoms with E-state index in [-0.39, 0.29) is 0 Å². The third-order valence-electron chi connectivity index (χ3n) is 5.46. The molecule has 0 fully saturated rings. The Bertz CT molecular complexity index is 1530. The number of imidazole rings is 1. The van der Waals surface area contributed by atoms with Crippen molar-refractivity contribution in [2.24, 2.45) is 0 Å². The van der Waals surface area contributed by atoms with Gasteiger partial charge in [-0.15, -0.1) is 0 Å². The van der Waals surface area contributed by atoms with Gasteiger partial charge in [0.15, 0.2) is 0 Å². The van der Waals surface area contributed by atoms with Crippen molar-refractivity contribution in [2.45, 2.75) is 18.2 Å². The normalized spacial score (nSPS) is 11.9. The molecule has 0 radical (unpaired) electrons. The standard InChI is InChI=1S/C26H24ClN5O5S/c27-20-8-4-7-19(15-20)17-38(36,37)31-25(33)30-23(16-18-5-2-1-3-6-18)24-28-13-14-32(24)22-11-9-21(10-12-22)29-26(34)35/h1-15,23,29H,16-17H2,(H,34,35)(H2,30,31,33). The maximum absolute atomic E-state index is 12.9. The van der Waals surface area contributed by atoms with Crippen LogP contribution in [0.1, 0.15) is 23.0 Å². The first kappa shape index (κ1) is 26.7. The molecular formula is C26H24ClN5O5S. The number of hydrogen-bond donors (Lipinski definition) is 4. The fraction of sp³-hybridized carbons (Fsp3) is 0.115. The van der Waals surface area contributed by atoms with E-state index in [2.05, 4.69) is 20.3 Å². The van der Waals surface area contributed by atoms with E-state index in [4.69, 9.17) is 16.7 Å². The van der Waals surface area contributed by atoms with Gasteiger partial charge in [0.25, 0.3) is 0 Å². The molecule has 0 saturated carbocycles. The molecule has 3 aromatic carbocycles. The molecule has 10 nitrogen and oxygen atoms in total. The number of aromatic nitrogens is 2. The number of nitrogens with one attached hydrogen (secondary N) is 3. The highest BCUT2D eigenvalue weighted by atomic mass is 35.5. The van der Waals surface area contributed by atoms with Crippen LogP contribution in [0.15, 0.2) is 91.3 Å². The van der Waals surface area contributed by atoms with E-state index >= 15 is 0 Å². The maximum Gasteiger partial charge on any atom is 0.409 e. The molecule has 1 heterocycles. The topological polar surface area (TPSA) is 142 Å². The van der Waals surface area contributed by atoms with Gasteiger partial charge in [-0.1, -0.05) is 54.1 Å². The van der Waals surface area contributed by atoms with E-state index in [1.54, 1.807) is 59.4 Å². The Balaban J connectivity index is 1.56. The second-order valence-electron chi connectivity index (χ2n) is 8.34. The number of carboxylic acid groups (broad SMARTS) is 1. The number of amides is 3. The third-order valence-corrected chi connectivity index (χ3v) is 6.90. The quantitative estimate of drug-likeness (QED) is 0.236. The Morgan fingerprint density at radius 3 is 2.37 bits per heavy atom. The average Bonchev–Trinajstić information content (AvgIpc) is 3.34. The Morgan fingerprint density at radius 2 is 1.68 bits per heavy atom. The fourth-order valence-electron chi connectivity index (χ4n) is 3.89. The van der Waals surface area contributed by atoms with Gasteiger partial charge in [0.1, 0.15) is 5.82 Å². The second-order valence-corrected chi connectivity index (χ2v) is 10.5. The average molecular weight is 554 g/mol. The van der Waals surface area contributed by atoms with Gasteiger partial charge < -0.3 is 15.0 Å². The lowest BCUT2D eigenvalue weighted by molar-refractivity contribution is 0.209. The van der Waals surface area contributed by atoms with E-state index in [0.29, 0.717) is 34.2 Å². The molecule has 4 N–H and O–H groups in total. The highest BCUT2D eigenvalue weighted by Crippen LogP contribution is 2.22. The van der Waals surface area contributed by atoms with Gasteiger partial charge in [-0.2, -0.15) is 0 Å². The smallest absolute Gasteiger partial charge is 0.409 e. The summed E-state index contributed by atoms with van der Waals surface area (Å²) >= 11 is 5.95. The van der Waals surface area contributed by atoms with Crippen LogP contribution >= 0.6 is 11.6 Å². The number of carbonyl (C=O) groups is 2. The number of nitrogens with zero attached hydrogens (tertiary/aromatic N) is 2. The van der Waals surface area contributed by atoms with Gasteiger partial charge in [-0.25, -0.2) is 27.7 Å². The molecule has 0 aliphatic heterocycles. The summed E-state index contributed by atoms with van der Waals surface area (Å²) in [5, 5.41) is 14.3. The Hall–Kier alpha value is -4.35. The monoisotopic (exact) mass is 553 g/mol. The molecule has 38 heavy (non-hydrogen) atoms. The van der Waals surface area contributed by atoms with Crippen LogP contribution in [-0.4, -0.2) is 35.2 Å². The largest absolute Gasteiger partial charge is 0.465 e. The summed E-state index contributed by atoms with van der Waals surface area (Å²) in [4.78, 5) is 28.2. The van der Waals surface area contributed by atoms with Crippen molar-refractivity contribution in [1.29, 1.82) is 0 Å². The lowest BCUT2D eigenvalue weighted by atomic mass is 10.1. The highest BCUT2D eigenvalue weighted by molar-refractivity contribution is 7.89. The van der Waals surface area contributed by atoms with Crippen LogP contribution in [0, 0.1) is 0 Å². The summed E-state index contributed by atoms with van der Waals surface area (Å²) in [6.45, 7) is 0. The Morgan fingerprint density at radius 1 is 0.974 bits per heavy atom. The SMILES string of the molecule is O=C(O)Nc1ccc(-n2ccnc2C(Cc2ccccc2)NC(=O)NS(=O)(=O)Cc2cccc(Cl)c2)cc1. The van der Waals surface area contributed by atoms with E-state index in [9.17, 15) is 18.0 Å². The zero-order valence-corrected chi connectivity index (χ0v) is 21.5. The summed E-state index contributed by atoms with van der Waals surface area (Å²) < 4.78 is 29.1. The van der Waals surface area contributed by atoms with Crippen molar-refractivity contribution in [2.75, 3.05) is 5.32 Å². The molecule has 0 saturated heterocycles. The zero-order valence-electron chi connectivity index (χ0n) is 19.9. The lowest BCUT2D eigenvalue weighted by Crippen LogP contribution is -2.42. The molecule has 4 aromatic rings. The molecule has 0 bridgehead atoms. The van der Waals surface area contributed by atoms with E-state index < -0.39 is 33.9 Å². The van der Waals surface area contributed by atoms with Gasteiger partial charge >= 0.3 is 12.1 Å². The van der Waals surface area contributed by atoms with E-state index in [1.165, 1.54) is 6.07 Å². The number of anilines is 1. The summed E-state index contributed by atoms with van der Waals surface area (Å²) in [6.07, 6.45) is 2.41. The van der Waals surface area contributed by atoms with Crippen LogP contribution < -0.4 is 15.4 Å². The van der Waals surface area contributed by atoms with Crippen molar-refractivity contribution in [3.05, 3.63) is 113 Å². The molecule has 12 heteroatoms. The molecule has 0 aliphatic rings. The number of rotatable bonds is 9. The Kier molecular flexibility index (Phi) is 8.29. The van der Waals surface area contributed by atoms with Gasteiger partial charge in [-0.3, -0.25) is 5.32 Å². The van der Waals surface area contributed by atoms with E-state index in [1.807, 2.05) is 30.3 Å². The number of carbonyl (C=O) groups excluding carboxylic acids is 1. The summed E-state index contributed by atoms with van der Waals surface area (Å²) in [6, 6.07) is 20.8. The van der Waals surface area contributed by atoms with Crippen LogP contribution in [0.3, 0.4) is 0 Å². The molecule has 1 atom stereocenters. The van der Waals surface area contributed by atoms with Crippen LogP contribution in [0.25, 0.3) is 5.69 Å². The van der Waals surface area contributed by atoms with Gasteiger partial charge in [0.2, 0.25) is 10.0 Å². The summed E-state index contributed by atoms with van der Waals surface area (Å²) in [5.41, 5.74) is 2.40. The van der Waals surface area contributed by atoms with Crippen LogP contribution in [0.2, 0.25) is 5.02 Å². The van der Waals surface area contributed by atoms with Crippen molar-refractivity contribution in [3.8, 4) is 5.69 Å². The van der Waals surface area contributed by atoms with Crippen molar-refractivity contribution >= 4 is 39.4 Å². The minimum atomic E-state index is -4.02. The molecule has 4 rings (SSSR count). The molecule has 1 unspecified atom stereocenters. The predicted octanol–water partition coefficient (Wildman–Crippen LogP) is 4.73. The summed E-state index contributed by atoms with van der Waals surface area (Å²) in [7, 11) is -4.02. The molecular weight excluding hydrogens is 530 g/mol. The van der Waals surface area contributed by atoms with Crippen molar-refractivity contribution in [3.63, 3.8) is 0 Å². The number of sulfonamides is 1. The van der Waals surface area contributed by atoms with Crippen molar-refractivity contribution in [1.82, 2.24) is 19.6 Å². The van der Waals surface area contributed by atoms with Gasteiger partial charge in [-0.05, 0) is 53.9 Å². The Labute approximate surface area is 224 Å². The zero-order chi connectivity index (χ0) is 27.1. The number of hydrogen-bond acceptors (Lipinski definition) is 5. The highest BCUT2D eigenvalue weighted by Gasteiger charge is 2.23. The van der Waals surface area contributed by atoms with Gasteiger partial charge in [0, 0.05) is 28.8 Å². The fourth-order valence-corrected chi connectivity index (χ4v) is 5.13. The molecule has 1 aromatic heterocycles. The summed E-state index contributed by atoms with van der Waals surface area (Å²) in [5.74, 6) is 0.0329. The number of benzene rings is 3. The van der Waals surface area contributed by atoms with Gasteiger partial charge in [0.05, 0.1) is 11.8 Å². The molecule has 196 valence electrons. The first-order valence-electron chi connectivity index (χ1n) is 11.4. The maximum atomic E-state index is 12.9. The van der Waals surface area contributed by atoms with E-state index in [0.717, 1.165) is 5.56 Å². The van der Waals surface area contributed by atoms with Crippen molar-refractivity contribution < 1.29 is 23.1 Å². The van der Waals surface area contributed by atoms with Crippen LogP contribution in [0.5, 0.6) is 0 Å². The third kappa shape index (κ3) is 7.34. The lowest BCUT2D eigenvalue weighted by Gasteiger charge is -2.21. The van der Waals surface area contributed by atoms with Crippen LogP contribution in [0.4, 0.5) is 15.3 Å². The minimum absolute atomic E-state index is 0.332. The first-order valence-corrected chi connectivity index (χ1v) is 13.4. The second kappa shape index (κ2) is 11.8.